The molecule has 2 aliphatic rings. The van der Waals surface area contributed by atoms with Gasteiger partial charge in [0, 0.05) is 31.9 Å². The predicted molar refractivity (Wildman–Crippen MR) is 85.3 cm³/mol. The SMILES string of the molecule is O=C(C1CCCCS1)N1CCN(c2ccccc2)CC1. The summed E-state index contributed by atoms with van der Waals surface area (Å²) in [6, 6.07) is 10.5. The Labute approximate surface area is 125 Å². The molecule has 0 spiro atoms. The maximum absolute atomic E-state index is 12.5. The average Bonchev–Trinajstić information content (AvgIpc) is 2.56. The number of piperazine rings is 1. The minimum Gasteiger partial charge on any atom is -0.368 e. The monoisotopic (exact) mass is 290 g/mol. The lowest BCUT2D eigenvalue weighted by Crippen LogP contribution is -2.51. The first-order chi connectivity index (χ1) is 9.84. The van der Waals surface area contributed by atoms with Crippen LogP contribution in [0.15, 0.2) is 30.3 Å². The molecule has 1 atom stereocenters. The Hall–Kier alpha value is -1.16. The maximum Gasteiger partial charge on any atom is 0.235 e. The van der Waals surface area contributed by atoms with Gasteiger partial charge in [0.25, 0.3) is 0 Å². The Morgan fingerprint density at radius 2 is 1.80 bits per heavy atom. The van der Waals surface area contributed by atoms with Gasteiger partial charge in [0.05, 0.1) is 5.25 Å². The quantitative estimate of drug-likeness (QED) is 0.836. The molecule has 2 saturated heterocycles. The molecule has 1 amide bonds. The number of rotatable bonds is 2. The van der Waals surface area contributed by atoms with Crippen molar-refractivity contribution in [1.29, 1.82) is 0 Å². The zero-order chi connectivity index (χ0) is 13.8. The van der Waals surface area contributed by atoms with Crippen molar-refractivity contribution in [3.63, 3.8) is 0 Å². The van der Waals surface area contributed by atoms with E-state index in [0.717, 1.165) is 38.4 Å². The Balaban J connectivity index is 1.54. The summed E-state index contributed by atoms with van der Waals surface area (Å²) in [5, 5.41) is 0.229. The van der Waals surface area contributed by atoms with E-state index < -0.39 is 0 Å². The number of para-hydroxylation sites is 1. The molecule has 1 unspecified atom stereocenters. The molecular formula is C16H22N2OS. The smallest absolute Gasteiger partial charge is 0.235 e. The van der Waals surface area contributed by atoms with Gasteiger partial charge in [0.1, 0.15) is 0 Å². The van der Waals surface area contributed by atoms with Crippen molar-refractivity contribution >= 4 is 23.4 Å². The molecule has 1 aromatic carbocycles. The fourth-order valence-corrected chi connectivity index (χ4v) is 4.24. The normalized spacial score (nSPS) is 23.7. The highest BCUT2D eigenvalue weighted by Gasteiger charge is 2.28. The van der Waals surface area contributed by atoms with Crippen LogP contribution in [-0.2, 0) is 4.79 Å². The highest BCUT2D eigenvalue weighted by atomic mass is 32.2. The van der Waals surface area contributed by atoms with E-state index in [0.29, 0.717) is 5.91 Å². The van der Waals surface area contributed by atoms with Gasteiger partial charge < -0.3 is 9.80 Å². The van der Waals surface area contributed by atoms with Gasteiger partial charge in [-0.15, -0.1) is 11.8 Å². The van der Waals surface area contributed by atoms with Crippen LogP contribution in [0.25, 0.3) is 0 Å². The molecule has 1 aromatic rings. The van der Waals surface area contributed by atoms with E-state index in [-0.39, 0.29) is 5.25 Å². The molecule has 0 radical (unpaired) electrons. The first-order valence-electron chi connectivity index (χ1n) is 7.55. The molecule has 2 fully saturated rings. The highest BCUT2D eigenvalue weighted by Crippen LogP contribution is 2.27. The largest absolute Gasteiger partial charge is 0.368 e. The van der Waals surface area contributed by atoms with E-state index in [9.17, 15) is 4.79 Å². The third-order valence-electron chi connectivity index (χ3n) is 4.17. The minimum absolute atomic E-state index is 0.229. The summed E-state index contributed by atoms with van der Waals surface area (Å²) in [7, 11) is 0. The number of thioether (sulfide) groups is 1. The molecular weight excluding hydrogens is 268 g/mol. The van der Waals surface area contributed by atoms with Crippen molar-refractivity contribution in [3.05, 3.63) is 30.3 Å². The molecule has 20 heavy (non-hydrogen) atoms. The molecule has 4 heteroatoms. The zero-order valence-electron chi connectivity index (χ0n) is 11.8. The summed E-state index contributed by atoms with van der Waals surface area (Å²) in [5.74, 6) is 1.53. The van der Waals surface area contributed by atoms with Crippen molar-refractivity contribution in [2.45, 2.75) is 24.5 Å². The summed E-state index contributed by atoms with van der Waals surface area (Å²) in [4.78, 5) is 16.9. The van der Waals surface area contributed by atoms with E-state index in [1.807, 2.05) is 17.8 Å². The minimum atomic E-state index is 0.229. The summed E-state index contributed by atoms with van der Waals surface area (Å²) in [6.45, 7) is 3.63. The van der Waals surface area contributed by atoms with Gasteiger partial charge >= 0.3 is 0 Å². The number of hydrogen-bond acceptors (Lipinski definition) is 3. The van der Waals surface area contributed by atoms with Gasteiger partial charge in [0.2, 0.25) is 5.91 Å². The van der Waals surface area contributed by atoms with Gasteiger partial charge in [-0.1, -0.05) is 24.6 Å². The van der Waals surface area contributed by atoms with Crippen LogP contribution in [0, 0.1) is 0 Å². The fourth-order valence-electron chi connectivity index (χ4n) is 2.96. The molecule has 0 saturated carbocycles. The summed E-state index contributed by atoms with van der Waals surface area (Å²) in [5.41, 5.74) is 1.27. The van der Waals surface area contributed by atoms with Crippen molar-refractivity contribution in [1.82, 2.24) is 4.90 Å². The molecule has 3 rings (SSSR count). The van der Waals surface area contributed by atoms with Crippen LogP contribution in [0.1, 0.15) is 19.3 Å². The van der Waals surface area contributed by atoms with E-state index in [1.165, 1.54) is 18.5 Å². The molecule has 108 valence electrons. The van der Waals surface area contributed by atoms with Crippen LogP contribution in [0.5, 0.6) is 0 Å². The van der Waals surface area contributed by atoms with Gasteiger partial charge in [-0.25, -0.2) is 0 Å². The standard InChI is InChI=1S/C16H22N2OS/c19-16(15-8-4-5-13-20-15)18-11-9-17(10-12-18)14-6-2-1-3-7-14/h1-3,6-7,15H,4-5,8-13H2. The van der Waals surface area contributed by atoms with Crippen molar-refractivity contribution in [2.24, 2.45) is 0 Å². The van der Waals surface area contributed by atoms with Crippen LogP contribution in [0.2, 0.25) is 0 Å². The molecule has 0 aliphatic carbocycles. The molecule has 0 N–H and O–H groups in total. The third-order valence-corrected chi connectivity index (χ3v) is 5.53. The number of carbonyl (C=O) groups is 1. The van der Waals surface area contributed by atoms with E-state index >= 15 is 0 Å². The third kappa shape index (κ3) is 3.11. The van der Waals surface area contributed by atoms with Crippen molar-refractivity contribution in [2.75, 3.05) is 36.8 Å². The molecule has 2 heterocycles. The number of nitrogens with zero attached hydrogens (tertiary/aromatic N) is 2. The Morgan fingerprint density at radius 3 is 2.45 bits per heavy atom. The van der Waals surface area contributed by atoms with Crippen LogP contribution >= 0.6 is 11.8 Å². The highest BCUT2D eigenvalue weighted by molar-refractivity contribution is 8.00. The van der Waals surface area contributed by atoms with Gasteiger partial charge in [-0.2, -0.15) is 0 Å². The number of benzene rings is 1. The number of carbonyl (C=O) groups excluding carboxylic acids is 1. The molecule has 0 bridgehead atoms. The second kappa shape index (κ2) is 6.53. The number of anilines is 1. The lowest BCUT2D eigenvalue weighted by atomic mass is 10.1. The first-order valence-corrected chi connectivity index (χ1v) is 8.60. The number of amides is 1. The maximum atomic E-state index is 12.5. The predicted octanol–water partition coefficient (Wildman–Crippen LogP) is 2.62. The average molecular weight is 290 g/mol. The van der Waals surface area contributed by atoms with E-state index in [2.05, 4.69) is 34.1 Å². The lowest BCUT2D eigenvalue weighted by Gasteiger charge is -2.38. The van der Waals surface area contributed by atoms with Crippen LogP contribution < -0.4 is 4.90 Å². The molecule has 2 aliphatic heterocycles. The van der Waals surface area contributed by atoms with Crippen molar-refractivity contribution < 1.29 is 4.79 Å². The summed E-state index contributed by atoms with van der Waals surface area (Å²) < 4.78 is 0. The zero-order valence-corrected chi connectivity index (χ0v) is 12.6. The number of hydrogen-bond donors (Lipinski definition) is 0. The van der Waals surface area contributed by atoms with E-state index in [4.69, 9.17) is 0 Å². The summed E-state index contributed by atoms with van der Waals surface area (Å²) >= 11 is 1.86. The van der Waals surface area contributed by atoms with Crippen LogP contribution in [0.4, 0.5) is 5.69 Å². The van der Waals surface area contributed by atoms with Gasteiger partial charge in [-0.3, -0.25) is 4.79 Å². The Bertz CT molecular complexity index is 437. The first kappa shape index (κ1) is 13.8. The van der Waals surface area contributed by atoms with Crippen LogP contribution in [0.3, 0.4) is 0 Å². The topological polar surface area (TPSA) is 23.6 Å². The fraction of sp³-hybridized carbons (Fsp3) is 0.562. The molecule has 3 nitrogen and oxygen atoms in total. The Morgan fingerprint density at radius 1 is 1.05 bits per heavy atom. The van der Waals surface area contributed by atoms with Crippen molar-refractivity contribution in [3.8, 4) is 0 Å². The van der Waals surface area contributed by atoms with Crippen LogP contribution in [-0.4, -0.2) is 48.0 Å². The summed E-state index contributed by atoms with van der Waals surface area (Å²) in [6.07, 6.45) is 3.56. The van der Waals surface area contributed by atoms with Gasteiger partial charge in [-0.05, 0) is 30.7 Å². The van der Waals surface area contributed by atoms with Gasteiger partial charge in [0.15, 0.2) is 0 Å². The second-order valence-electron chi connectivity index (χ2n) is 5.50. The second-order valence-corrected chi connectivity index (χ2v) is 6.81. The van der Waals surface area contributed by atoms with E-state index in [1.54, 1.807) is 0 Å². The molecule has 0 aromatic heterocycles. The Kier molecular flexibility index (Phi) is 4.51. The lowest BCUT2D eigenvalue weighted by molar-refractivity contribution is -0.131.